The van der Waals surface area contributed by atoms with Gasteiger partial charge in [-0.1, -0.05) is 13.3 Å². The molecule has 8 heteroatoms. The number of hydrogen-bond acceptors (Lipinski definition) is 4. The lowest BCUT2D eigenvalue weighted by atomic mass is 10.0. The van der Waals surface area contributed by atoms with Crippen molar-refractivity contribution in [2.45, 2.75) is 77.4 Å². The third-order valence-corrected chi connectivity index (χ3v) is 6.01. The summed E-state index contributed by atoms with van der Waals surface area (Å²) in [5.74, 6) is 1.78. The Hall–Kier alpha value is -1.83. The summed E-state index contributed by atoms with van der Waals surface area (Å²) in [5.41, 5.74) is 0.0456. The van der Waals surface area contributed by atoms with Crippen molar-refractivity contribution in [1.29, 1.82) is 0 Å². The Bertz CT molecular complexity index is 693. The van der Waals surface area contributed by atoms with E-state index in [1.54, 1.807) is 11.7 Å². The zero-order valence-electron chi connectivity index (χ0n) is 17.6. The van der Waals surface area contributed by atoms with Gasteiger partial charge in [-0.05, 0) is 45.1 Å². The van der Waals surface area contributed by atoms with Crippen molar-refractivity contribution in [1.82, 2.24) is 29.9 Å². The van der Waals surface area contributed by atoms with E-state index in [1.165, 1.54) is 32.2 Å². The quantitative estimate of drug-likeness (QED) is 0.395. The first-order chi connectivity index (χ1) is 13.7. The molecule has 0 aromatic carbocycles. The molecule has 1 atom stereocenters. The molecule has 0 aliphatic carbocycles. The number of fused-ring (bicyclic) bond motifs is 1. The van der Waals surface area contributed by atoms with E-state index in [1.807, 2.05) is 4.57 Å². The van der Waals surface area contributed by atoms with Crippen molar-refractivity contribution in [3.63, 3.8) is 0 Å². The normalized spacial score (nSPS) is 20.8. The summed E-state index contributed by atoms with van der Waals surface area (Å²) in [5, 5.41) is 11.3. The number of aliphatic imine (C=N–C) groups is 1. The molecule has 28 heavy (non-hydrogen) atoms. The van der Waals surface area contributed by atoms with Crippen LogP contribution in [0.5, 0.6) is 0 Å². The summed E-state index contributed by atoms with van der Waals surface area (Å²) < 4.78 is 3.46. The van der Waals surface area contributed by atoms with Crippen LogP contribution >= 0.6 is 0 Å². The molecule has 1 aromatic rings. The predicted molar refractivity (Wildman–Crippen MR) is 113 cm³/mol. The molecule has 1 unspecified atom stereocenters. The van der Waals surface area contributed by atoms with Crippen LogP contribution in [0, 0.1) is 0 Å². The Balaban J connectivity index is 1.35. The van der Waals surface area contributed by atoms with Gasteiger partial charge in [0, 0.05) is 52.2 Å². The Labute approximate surface area is 168 Å². The maximum atomic E-state index is 12.3. The molecular weight excluding hydrogens is 354 g/mol. The van der Waals surface area contributed by atoms with Gasteiger partial charge in [0.15, 0.2) is 5.96 Å². The maximum absolute atomic E-state index is 12.3. The molecule has 1 fully saturated rings. The largest absolute Gasteiger partial charge is 0.356 e. The molecule has 1 saturated heterocycles. The molecule has 2 aliphatic heterocycles. The van der Waals surface area contributed by atoms with Crippen molar-refractivity contribution >= 4 is 5.96 Å². The standard InChI is InChI=1S/C20H37N7O/c1-3-17-9-4-6-13-25(17)16-12-23-19(21-2)22-11-8-15-27-20(28)26-14-7-5-10-18(26)24-27/h17H,3-16H2,1-2H3,(H2,21,22,23). The number of hydrogen-bond donors (Lipinski definition) is 2. The summed E-state index contributed by atoms with van der Waals surface area (Å²) in [6, 6.07) is 0.740. The minimum absolute atomic E-state index is 0.0456. The molecule has 0 radical (unpaired) electrons. The minimum Gasteiger partial charge on any atom is -0.356 e. The highest BCUT2D eigenvalue weighted by Crippen LogP contribution is 2.18. The molecule has 3 heterocycles. The van der Waals surface area contributed by atoms with Crippen LogP contribution in [0.25, 0.3) is 0 Å². The summed E-state index contributed by atoms with van der Waals surface area (Å²) in [7, 11) is 1.80. The second-order valence-corrected chi connectivity index (χ2v) is 7.90. The van der Waals surface area contributed by atoms with Crippen molar-refractivity contribution in [3.05, 3.63) is 16.3 Å². The Morgan fingerprint density at radius 3 is 2.75 bits per heavy atom. The Kier molecular flexibility index (Phi) is 7.94. The molecule has 0 bridgehead atoms. The molecule has 3 rings (SSSR count). The zero-order valence-corrected chi connectivity index (χ0v) is 17.6. The molecule has 158 valence electrons. The van der Waals surface area contributed by atoms with E-state index in [0.29, 0.717) is 6.54 Å². The fourth-order valence-electron chi connectivity index (χ4n) is 4.39. The number of nitrogens with one attached hydrogen (secondary N) is 2. The fraction of sp³-hybridized carbons (Fsp3) is 0.850. The van der Waals surface area contributed by atoms with Crippen LogP contribution in [0.1, 0.15) is 57.7 Å². The number of nitrogens with zero attached hydrogens (tertiary/aromatic N) is 5. The number of piperidine rings is 1. The maximum Gasteiger partial charge on any atom is 0.345 e. The topological polar surface area (TPSA) is 79.5 Å². The van der Waals surface area contributed by atoms with Crippen LogP contribution in [0.2, 0.25) is 0 Å². The van der Waals surface area contributed by atoms with Crippen LogP contribution < -0.4 is 16.3 Å². The van der Waals surface area contributed by atoms with Gasteiger partial charge in [0.1, 0.15) is 5.82 Å². The van der Waals surface area contributed by atoms with Gasteiger partial charge in [0.05, 0.1) is 0 Å². The van der Waals surface area contributed by atoms with Gasteiger partial charge in [-0.2, -0.15) is 5.10 Å². The van der Waals surface area contributed by atoms with Gasteiger partial charge in [-0.15, -0.1) is 0 Å². The number of aromatic nitrogens is 3. The van der Waals surface area contributed by atoms with Gasteiger partial charge >= 0.3 is 5.69 Å². The van der Waals surface area contributed by atoms with E-state index in [2.05, 4.69) is 32.5 Å². The highest BCUT2D eigenvalue weighted by Gasteiger charge is 2.20. The van der Waals surface area contributed by atoms with E-state index in [0.717, 1.165) is 69.7 Å². The second kappa shape index (κ2) is 10.6. The summed E-state index contributed by atoms with van der Waals surface area (Å²) in [4.78, 5) is 19.3. The average molecular weight is 392 g/mol. The first kappa shape index (κ1) is 20.9. The predicted octanol–water partition coefficient (Wildman–Crippen LogP) is 1.20. The molecule has 2 N–H and O–H groups in total. The van der Waals surface area contributed by atoms with Crippen LogP contribution in [0.3, 0.4) is 0 Å². The van der Waals surface area contributed by atoms with E-state index in [-0.39, 0.29) is 5.69 Å². The van der Waals surface area contributed by atoms with Gasteiger partial charge in [-0.25, -0.2) is 9.48 Å². The smallest absolute Gasteiger partial charge is 0.345 e. The second-order valence-electron chi connectivity index (χ2n) is 7.90. The molecule has 0 saturated carbocycles. The van der Waals surface area contributed by atoms with Crippen LogP contribution in [0.15, 0.2) is 9.79 Å². The van der Waals surface area contributed by atoms with E-state index in [4.69, 9.17) is 0 Å². The van der Waals surface area contributed by atoms with Gasteiger partial charge < -0.3 is 10.6 Å². The summed E-state index contributed by atoms with van der Waals surface area (Å²) in [6.45, 7) is 7.72. The zero-order chi connectivity index (χ0) is 19.8. The van der Waals surface area contributed by atoms with E-state index in [9.17, 15) is 4.79 Å². The fourth-order valence-corrected chi connectivity index (χ4v) is 4.39. The van der Waals surface area contributed by atoms with Crippen LogP contribution in [0.4, 0.5) is 0 Å². The van der Waals surface area contributed by atoms with Crippen LogP contribution in [-0.2, 0) is 19.5 Å². The van der Waals surface area contributed by atoms with Crippen molar-refractivity contribution in [3.8, 4) is 0 Å². The molecular formula is C20H37N7O. The highest BCUT2D eigenvalue weighted by molar-refractivity contribution is 5.79. The van der Waals surface area contributed by atoms with Gasteiger partial charge in [0.25, 0.3) is 0 Å². The molecule has 0 amide bonds. The third-order valence-electron chi connectivity index (χ3n) is 6.01. The van der Waals surface area contributed by atoms with E-state index < -0.39 is 0 Å². The van der Waals surface area contributed by atoms with Crippen molar-refractivity contribution in [2.24, 2.45) is 4.99 Å². The number of rotatable bonds is 8. The summed E-state index contributed by atoms with van der Waals surface area (Å²) >= 11 is 0. The number of aryl methyl sites for hydroxylation is 2. The monoisotopic (exact) mass is 391 g/mol. The lowest BCUT2D eigenvalue weighted by Gasteiger charge is -2.35. The lowest BCUT2D eigenvalue weighted by molar-refractivity contribution is 0.147. The number of guanidine groups is 1. The summed E-state index contributed by atoms with van der Waals surface area (Å²) in [6.07, 6.45) is 9.25. The molecule has 0 spiro atoms. The minimum atomic E-state index is 0.0456. The lowest BCUT2D eigenvalue weighted by Crippen LogP contribution is -2.46. The average Bonchev–Trinajstić information content (AvgIpc) is 3.06. The van der Waals surface area contributed by atoms with Crippen molar-refractivity contribution in [2.75, 3.05) is 33.2 Å². The van der Waals surface area contributed by atoms with Crippen molar-refractivity contribution < 1.29 is 0 Å². The van der Waals surface area contributed by atoms with Gasteiger partial charge in [0.2, 0.25) is 0 Å². The highest BCUT2D eigenvalue weighted by atomic mass is 16.2. The van der Waals surface area contributed by atoms with E-state index >= 15 is 0 Å². The third kappa shape index (κ3) is 5.37. The van der Waals surface area contributed by atoms with Gasteiger partial charge in [-0.3, -0.25) is 14.5 Å². The number of likely N-dealkylation sites (tertiary alicyclic amines) is 1. The Morgan fingerprint density at radius 2 is 1.96 bits per heavy atom. The Morgan fingerprint density at radius 1 is 1.14 bits per heavy atom. The SMILES string of the molecule is CCC1CCCCN1CCNC(=NC)NCCCn1nc2n(c1=O)CCCC2. The molecule has 8 nitrogen and oxygen atoms in total. The van der Waals surface area contributed by atoms with Crippen LogP contribution in [-0.4, -0.2) is 64.5 Å². The molecule has 1 aromatic heterocycles. The first-order valence-corrected chi connectivity index (χ1v) is 11.1. The molecule has 2 aliphatic rings. The first-order valence-electron chi connectivity index (χ1n) is 11.1.